The topological polar surface area (TPSA) is 155 Å². The summed E-state index contributed by atoms with van der Waals surface area (Å²) < 4.78 is 26.8. The third kappa shape index (κ3) is 6.32. The fraction of sp³-hybridized carbons (Fsp3) is 0.500. The molecule has 2 rings (SSSR count). The number of ether oxygens (including phenoxy) is 5. The maximum Gasteiger partial charge on any atom is 0.303 e. The second kappa shape index (κ2) is 10.1. The molecule has 5 atom stereocenters. The van der Waals surface area contributed by atoms with Gasteiger partial charge in [0.2, 0.25) is 0 Å². The van der Waals surface area contributed by atoms with Crippen LogP contribution in [0.4, 0.5) is 0 Å². The predicted octanol–water partition coefficient (Wildman–Crippen LogP) is 0.896. The molecule has 0 unspecified atom stereocenters. The van der Waals surface area contributed by atoms with Gasteiger partial charge >= 0.3 is 23.9 Å². The number of phenolic OH excluding ortho intramolecular Hbond substituents is 2. The molecule has 0 bridgehead atoms. The highest BCUT2D eigenvalue weighted by Gasteiger charge is 2.53. The van der Waals surface area contributed by atoms with Crippen molar-refractivity contribution in [1.29, 1.82) is 0 Å². The SMILES string of the molecule is CC(=O)OC[C@H]1O[C@@H](c2cc(O)ccc2O)[C@H](OC(C)=O)[C@@H](OC(C)=O)[C@H]1OC(C)=O. The first-order chi connectivity index (χ1) is 14.5. The molecular formula is C20H24O11. The summed E-state index contributed by atoms with van der Waals surface area (Å²) >= 11 is 0. The lowest BCUT2D eigenvalue weighted by atomic mass is 9.90. The molecule has 1 aromatic carbocycles. The Kier molecular flexibility index (Phi) is 7.81. The Morgan fingerprint density at radius 2 is 1.39 bits per heavy atom. The standard InChI is InChI=1S/C20H24O11/c1-9(21)27-8-16-18(28-10(2)22)20(30-12(4)24)19(29-11(3)23)17(31-16)14-7-13(25)5-6-15(14)26/h5-7,16-20,25-26H,8H2,1-4H3/t16-,17+,18+,19+,20+/m1/s1. The molecule has 1 aromatic rings. The average molecular weight is 440 g/mol. The lowest BCUT2D eigenvalue weighted by Gasteiger charge is -2.44. The van der Waals surface area contributed by atoms with Gasteiger partial charge in [-0.3, -0.25) is 19.2 Å². The van der Waals surface area contributed by atoms with Crippen molar-refractivity contribution < 1.29 is 53.1 Å². The van der Waals surface area contributed by atoms with Crippen LogP contribution in [0.15, 0.2) is 18.2 Å². The number of hydrogen-bond donors (Lipinski definition) is 2. The number of carbonyl (C=O) groups excluding carboxylic acids is 4. The van der Waals surface area contributed by atoms with E-state index in [4.69, 9.17) is 23.7 Å². The Bertz CT molecular complexity index is 850. The van der Waals surface area contributed by atoms with Crippen molar-refractivity contribution in [2.75, 3.05) is 6.61 Å². The van der Waals surface area contributed by atoms with E-state index < -0.39 is 61.0 Å². The molecule has 0 aliphatic carbocycles. The van der Waals surface area contributed by atoms with E-state index in [1.54, 1.807) is 0 Å². The molecular weight excluding hydrogens is 416 g/mol. The fourth-order valence-corrected chi connectivity index (χ4v) is 3.25. The molecule has 31 heavy (non-hydrogen) atoms. The first kappa shape index (κ1) is 23.9. The number of aromatic hydroxyl groups is 2. The van der Waals surface area contributed by atoms with Crippen LogP contribution in [-0.2, 0) is 42.9 Å². The summed E-state index contributed by atoms with van der Waals surface area (Å²) in [6, 6.07) is 3.60. The molecule has 11 heteroatoms. The van der Waals surface area contributed by atoms with Crippen LogP contribution < -0.4 is 0 Å². The van der Waals surface area contributed by atoms with Gasteiger partial charge < -0.3 is 33.9 Å². The largest absolute Gasteiger partial charge is 0.508 e. The van der Waals surface area contributed by atoms with Crippen LogP contribution in [0.5, 0.6) is 11.5 Å². The summed E-state index contributed by atoms with van der Waals surface area (Å²) in [5.74, 6) is -3.46. The smallest absolute Gasteiger partial charge is 0.303 e. The van der Waals surface area contributed by atoms with Crippen molar-refractivity contribution in [3.63, 3.8) is 0 Å². The molecule has 170 valence electrons. The first-order valence-electron chi connectivity index (χ1n) is 9.32. The summed E-state index contributed by atoms with van der Waals surface area (Å²) in [7, 11) is 0. The van der Waals surface area contributed by atoms with Crippen LogP contribution >= 0.6 is 0 Å². The van der Waals surface area contributed by atoms with E-state index in [2.05, 4.69) is 0 Å². The zero-order valence-corrected chi connectivity index (χ0v) is 17.4. The third-order valence-corrected chi connectivity index (χ3v) is 4.31. The van der Waals surface area contributed by atoms with Gasteiger partial charge in [0, 0.05) is 33.3 Å². The Labute approximate surface area is 177 Å². The molecule has 11 nitrogen and oxygen atoms in total. The summed E-state index contributed by atoms with van der Waals surface area (Å²) in [5.41, 5.74) is 0.0116. The average Bonchev–Trinajstić information content (AvgIpc) is 2.64. The normalized spacial score (nSPS) is 25.2. The molecule has 0 saturated carbocycles. The molecule has 1 aliphatic rings. The summed E-state index contributed by atoms with van der Waals surface area (Å²) in [6.07, 6.45) is -6.47. The van der Waals surface area contributed by atoms with Gasteiger partial charge in [-0.1, -0.05) is 0 Å². The summed E-state index contributed by atoms with van der Waals surface area (Å²) in [5, 5.41) is 20.2. The maximum absolute atomic E-state index is 11.8. The number of phenols is 2. The molecule has 0 radical (unpaired) electrons. The van der Waals surface area contributed by atoms with Gasteiger partial charge in [0.05, 0.1) is 0 Å². The third-order valence-electron chi connectivity index (χ3n) is 4.31. The highest BCUT2D eigenvalue weighted by atomic mass is 16.7. The van der Waals surface area contributed by atoms with Crippen LogP contribution in [0.25, 0.3) is 0 Å². The zero-order chi connectivity index (χ0) is 23.3. The molecule has 0 aromatic heterocycles. The van der Waals surface area contributed by atoms with Crippen molar-refractivity contribution in [3.8, 4) is 11.5 Å². The first-order valence-corrected chi connectivity index (χ1v) is 9.32. The van der Waals surface area contributed by atoms with Crippen LogP contribution in [0, 0.1) is 0 Å². The van der Waals surface area contributed by atoms with Gasteiger partial charge in [0.25, 0.3) is 0 Å². The molecule has 0 spiro atoms. The number of benzene rings is 1. The highest BCUT2D eigenvalue weighted by molar-refractivity contribution is 5.69. The minimum Gasteiger partial charge on any atom is -0.508 e. The molecule has 1 aliphatic heterocycles. The van der Waals surface area contributed by atoms with Gasteiger partial charge in [0.15, 0.2) is 18.3 Å². The number of esters is 4. The Morgan fingerprint density at radius 1 is 0.839 bits per heavy atom. The van der Waals surface area contributed by atoms with Crippen molar-refractivity contribution in [2.24, 2.45) is 0 Å². The quantitative estimate of drug-likeness (QED) is 0.368. The molecule has 1 fully saturated rings. The Hall–Kier alpha value is -3.34. The van der Waals surface area contributed by atoms with E-state index in [1.165, 1.54) is 18.2 Å². The van der Waals surface area contributed by atoms with E-state index >= 15 is 0 Å². The van der Waals surface area contributed by atoms with Gasteiger partial charge in [-0.2, -0.15) is 0 Å². The number of hydrogen-bond acceptors (Lipinski definition) is 11. The van der Waals surface area contributed by atoms with Crippen LogP contribution in [-0.4, -0.2) is 65.1 Å². The van der Waals surface area contributed by atoms with E-state index in [0.717, 1.165) is 27.7 Å². The van der Waals surface area contributed by atoms with E-state index in [-0.39, 0.29) is 17.1 Å². The maximum atomic E-state index is 11.8. The lowest BCUT2D eigenvalue weighted by molar-refractivity contribution is -0.254. The van der Waals surface area contributed by atoms with Gasteiger partial charge in [-0.15, -0.1) is 0 Å². The number of rotatable bonds is 6. The Morgan fingerprint density at radius 3 is 1.94 bits per heavy atom. The predicted molar refractivity (Wildman–Crippen MR) is 101 cm³/mol. The minimum atomic E-state index is -1.37. The minimum absolute atomic E-state index is 0.0116. The summed E-state index contributed by atoms with van der Waals surface area (Å²) in [6.45, 7) is 4.09. The van der Waals surface area contributed by atoms with Crippen LogP contribution in [0.3, 0.4) is 0 Å². The van der Waals surface area contributed by atoms with Gasteiger partial charge in [0.1, 0.15) is 30.3 Å². The number of carbonyl (C=O) groups is 4. The second-order valence-electron chi connectivity index (χ2n) is 6.86. The van der Waals surface area contributed by atoms with Crippen LogP contribution in [0.1, 0.15) is 39.4 Å². The fourth-order valence-electron chi connectivity index (χ4n) is 3.25. The van der Waals surface area contributed by atoms with E-state index in [0.29, 0.717) is 0 Å². The van der Waals surface area contributed by atoms with Crippen molar-refractivity contribution in [1.82, 2.24) is 0 Å². The van der Waals surface area contributed by atoms with Gasteiger partial charge in [-0.05, 0) is 18.2 Å². The van der Waals surface area contributed by atoms with Gasteiger partial charge in [-0.25, -0.2) is 0 Å². The monoisotopic (exact) mass is 440 g/mol. The summed E-state index contributed by atoms with van der Waals surface area (Å²) in [4.78, 5) is 46.6. The van der Waals surface area contributed by atoms with Crippen molar-refractivity contribution >= 4 is 23.9 Å². The van der Waals surface area contributed by atoms with Crippen LogP contribution in [0.2, 0.25) is 0 Å². The molecule has 1 heterocycles. The molecule has 1 saturated heterocycles. The van der Waals surface area contributed by atoms with E-state index in [9.17, 15) is 29.4 Å². The highest BCUT2D eigenvalue weighted by Crippen LogP contribution is 2.41. The second-order valence-corrected chi connectivity index (χ2v) is 6.86. The van der Waals surface area contributed by atoms with E-state index in [1.807, 2.05) is 0 Å². The van der Waals surface area contributed by atoms with Crippen molar-refractivity contribution in [2.45, 2.75) is 58.2 Å². The Balaban J connectivity index is 2.59. The zero-order valence-electron chi connectivity index (χ0n) is 17.4. The molecule has 0 amide bonds. The van der Waals surface area contributed by atoms with Crippen molar-refractivity contribution in [3.05, 3.63) is 23.8 Å². The lowest BCUT2D eigenvalue weighted by Crippen LogP contribution is -2.59. The molecule has 2 N–H and O–H groups in total.